The highest BCUT2D eigenvalue weighted by Crippen LogP contribution is 2.05. The van der Waals surface area contributed by atoms with Crippen molar-refractivity contribution in [2.24, 2.45) is 0 Å². The molecule has 68 valence electrons. The molecule has 0 unspecified atom stereocenters. The average Bonchev–Trinajstić information content (AvgIpc) is 2.65. The van der Waals surface area contributed by atoms with Crippen LogP contribution in [-0.2, 0) is 6.54 Å². The predicted molar refractivity (Wildman–Crippen MR) is 43.3 cm³/mol. The Hall–Kier alpha value is -1.78. The van der Waals surface area contributed by atoms with Gasteiger partial charge in [-0.3, -0.25) is 4.79 Å². The van der Waals surface area contributed by atoms with Crippen molar-refractivity contribution in [3.8, 4) is 0 Å². The van der Waals surface area contributed by atoms with E-state index in [1.807, 2.05) is 0 Å². The van der Waals surface area contributed by atoms with E-state index in [1.165, 1.54) is 23.5 Å². The molecule has 0 aromatic carbocycles. The summed E-state index contributed by atoms with van der Waals surface area (Å²) in [5.74, 6) is 0.698. The second-order valence-corrected chi connectivity index (χ2v) is 2.64. The Bertz CT molecular complexity index is 452. The van der Waals surface area contributed by atoms with Crippen LogP contribution in [0.25, 0.3) is 0 Å². The van der Waals surface area contributed by atoms with E-state index in [1.54, 1.807) is 6.92 Å². The number of aromatic nitrogens is 2. The van der Waals surface area contributed by atoms with Gasteiger partial charge in [0.25, 0.3) is 5.56 Å². The highest BCUT2D eigenvalue weighted by atomic mass is 16.5. The Balaban J connectivity index is 2.29. The van der Waals surface area contributed by atoms with Gasteiger partial charge in [0.2, 0.25) is 0 Å². The molecule has 0 aliphatic heterocycles. The van der Waals surface area contributed by atoms with Crippen LogP contribution in [0, 0.1) is 6.92 Å². The molecule has 0 bridgehead atoms. The Labute approximate surface area is 73.6 Å². The predicted octanol–water partition coefficient (Wildman–Crippen LogP) is 0.786. The summed E-state index contributed by atoms with van der Waals surface area (Å²) in [6, 6.07) is 1.36. The van der Waals surface area contributed by atoms with Crippen molar-refractivity contribution in [2.75, 3.05) is 0 Å². The molecule has 2 aromatic rings. The second kappa shape index (κ2) is 2.93. The molecule has 0 N–H and O–H groups in total. The SMILES string of the molecule is Cc1ocnc1Cn1occc1=O. The lowest BCUT2D eigenvalue weighted by molar-refractivity contribution is 0.274. The first-order valence-corrected chi connectivity index (χ1v) is 3.81. The summed E-state index contributed by atoms with van der Waals surface area (Å²) in [5.41, 5.74) is 0.527. The summed E-state index contributed by atoms with van der Waals surface area (Å²) < 4.78 is 11.1. The highest BCUT2D eigenvalue weighted by molar-refractivity contribution is 5.04. The molecule has 0 atom stereocenters. The molecule has 0 amide bonds. The van der Waals surface area contributed by atoms with E-state index >= 15 is 0 Å². The molecule has 2 heterocycles. The van der Waals surface area contributed by atoms with E-state index < -0.39 is 0 Å². The van der Waals surface area contributed by atoms with Gasteiger partial charge in [-0.15, -0.1) is 0 Å². The lowest BCUT2D eigenvalue weighted by atomic mass is 10.4. The molecule has 0 saturated carbocycles. The van der Waals surface area contributed by atoms with Crippen molar-refractivity contribution >= 4 is 0 Å². The molecule has 0 aliphatic carbocycles. The molecule has 0 aliphatic rings. The third kappa shape index (κ3) is 1.40. The third-order valence-electron chi connectivity index (χ3n) is 1.78. The average molecular weight is 180 g/mol. The van der Waals surface area contributed by atoms with Crippen molar-refractivity contribution in [1.29, 1.82) is 0 Å². The van der Waals surface area contributed by atoms with Crippen molar-refractivity contribution < 1.29 is 8.94 Å². The van der Waals surface area contributed by atoms with E-state index in [0.717, 1.165) is 0 Å². The second-order valence-electron chi connectivity index (χ2n) is 2.64. The monoisotopic (exact) mass is 180 g/mol. The van der Waals surface area contributed by atoms with Crippen LogP contribution in [-0.4, -0.2) is 9.72 Å². The fourth-order valence-electron chi connectivity index (χ4n) is 1.03. The minimum absolute atomic E-state index is 0.178. The van der Waals surface area contributed by atoms with Crippen LogP contribution in [0.5, 0.6) is 0 Å². The molecule has 0 saturated heterocycles. The standard InChI is InChI=1S/C8H8N2O3/c1-6-7(9-5-12-6)4-10-8(11)2-3-13-10/h2-3,5H,4H2,1H3. The number of hydrogen-bond donors (Lipinski definition) is 0. The first kappa shape index (κ1) is 7.85. The maximum atomic E-state index is 11.1. The lowest BCUT2D eigenvalue weighted by Gasteiger charge is -1.95. The zero-order valence-corrected chi connectivity index (χ0v) is 7.06. The van der Waals surface area contributed by atoms with E-state index in [2.05, 4.69) is 4.98 Å². The smallest absolute Gasteiger partial charge is 0.282 e. The van der Waals surface area contributed by atoms with Gasteiger partial charge < -0.3 is 8.94 Å². The summed E-state index contributed by atoms with van der Waals surface area (Å²) in [6.07, 6.45) is 2.69. The van der Waals surface area contributed by atoms with Gasteiger partial charge in [0.15, 0.2) is 6.39 Å². The van der Waals surface area contributed by atoms with Gasteiger partial charge in [0.05, 0.1) is 0 Å². The first-order valence-electron chi connectivity index (χ1n) is 3.81. The van der Waals surface area contributed by atoms with Crippen molar-refractivity contribution in [2.45, 2.75) is 13.5 Å². The molecular weight excluding hydrogens is 172 g/mol. The minimum Gasteiger partial charge on any atom is -0.448 e. The molecule has 2 aromatic heterocycles. The third-order valence-corrected chi connectivity index (χ3v) is 1.78. The molecule has 0 fully saturated rings. The maximum Gasteiger partial charge on any atom is 0.282 e. The quantitative estimate of drug-likeness (QED) is 0.685. The van der Waals surface area contributed by atoms with Gasteiger partial charge in [-0.2, -0.15) is 4.74 Å². The summed E-state index contributed by atoms with van der Waals surface area (Å²) in [4.78, 5) is 15.0. The number of oxazole rings is 1. The Morgan fingerprint density at radius 1 is 1.62 bits per heavy atom. The zero-order chi connectivity index (χ0) is 9.26. The first-order chi connectivity index (χ1) is 6.27. The highest BCUT2D eigenvalue weighted by Gasteiger charge is 2.06. The molecule has 13 heavy (non-hydrogen) atoms. The lowest BCUT2D eigenvalue weighted by Crippen LogP contribution is -2.14. The molecule has 5 nitrogen and oxygen atoms in total. The van der Waals surface area contributed by atoms with Crippen LogP contribution in [0.4, 0.5) is 0 Å². The van der Waals surface area contributed by atoms with Crippen LogP contribution >= 0.6 is 0 Å². The Kier molecular flexibility index (Phi) is 1.77. The van der Waals surface area contributed by atoms with Gasteiger partial charge in [-0.05, 0) is 6.92 Å². The normalized spacial score (nSPS) is 10.5. The summed E-state index contributed by atoms with van der Waals surface area (Å²) in [7, 11) is 0. The van der Waals surface area contributed by atoms with Gasteiger partial charge in [-0.25, -0.2) is 4.98 Å². The van der Waals surface area contributed by atoms with Crippen molar-refractivity contribution in [1.82, 2.24) is 9.72 Å². The number of hydrogen-bond acceptors (Lipinski definition) is 4. The van der Waals surface area contributed by atoms with E-state index in [4.69, 9.17) is 8.94 Å². The van der Waals surface area contributed by atoms with Crippen LogP contribution in [0.2, 0.25) is 0 Å². The van der Waals surface area contributed by atoms with Crippen LogP contribution in [0.3, 0.4) is 0 Å². The molecule has 0 spiro atoms. The van der Waals surface area contributed by atoms with Crippen molar-refractivity contribution in [3.63, 3.8) is 0 Å². The Morgan fingerprint density at radius 3 is 3.00 bits per heavy atom. The fourth-order valence-corrected chi connectivity index (χ4v) is 1.03. The van der Waals surface area contributed by atoms with Gasteiger partial charge >= 0.3 is 0 Å². The van der Waals surface area contributed by atoms with Crippen LogP contribution in [0.15, 0.2) is 32.5 Å². The summed E-state index contributed by atoms with van der Waals surface area (Å²) in [6.45, 7) is 2.10. The molecule has 0 radical (unpaired) electrons. The van der Waals surface area contributed by atoms with E-state index in [-0.39, 0.29) is 5.56 Å². The summed E-state index contributed by atoms with van der Waals surface area (Å²) in [5, 5.41) is 0. The molecular formula is C8H8N2O3. The Morgan fingerprint density at radius 2 is 2.46 bits per heavy atom. The number of nitrogens with zero attached hydrogens (tertiary/aromatic N) is 2. The number of aryl methyl sites for hydroxylation is 1. The maximum absolute atomic E-state index is 11.1. The molecule has 2 rings (SSSR count). The fraction of sp³-hybridized carbons (Fsp3) is 0.250. The zero-order valence-electron chi connectivity index (χ0n) is 7.06. The summed E-state index contributed by atoms with van der Waals surface area (Å²) >= 11 is 0. The topological polar surface area (TPSA) is 61.2 Å². The van der Waals surface area contributed by atoms with Gasteiger partial charge in [0.1, 0.15) is 24.3 Å². The van der Waals surface area contributed by atoms with E-state index in [9.17, 15) is 4.79 Å². The number of rotatable bonds is 2. The van der Waals surface area contributed by atoms with E-state index in [0.29, 0.717) is 18.0 Å². The largest absolute Gasteiger partial charge is 0.448 e. The van der Waals surface area contributed by atoms with Crippen LogP contribution in [0.1, 0.15) is 11.5 Å². The van der Waals surface area contributed by atoms with Crippen LogP contribution < -0.4 is 5.56 Å². The molecule has 5 heteroatoms. The van der Waals surface area contributed by atoms with Gasteiger partial charge in [-0.1, -0.05) is 0 Å². The van der Waals surface area contributed by atoms with Crippen molar-refractivity contribution in [3.05, 3.63) is 40.5 Å². The van der Waals surface area contributed by atoms with Gasteiger partial charge in [0, 0.05) is 6.07 Å². The minimum atomic E-state index is -0.178.